The molecule has 1 aliphatic carbocycles. The summed E-state index contributed by atoms with van der Waals surface area (Å²) in [5.41, 5.74) is 5.17. The van der Waals surface area contributed by atoms with Crippen LogP contribution in [0.3, 0.4) is 0 Å². The van der Waals surface area contributed by atoms with Gasteiger partial charge in [-0.05, 0) is 53.5 Å². The largest absolute Gasteiger partial charge is 0.497 e. The Morgan fingerprint density at radius 1 is 1.04 bits per heavy atom. The fourth-order valence-electron chi connectivity index (χ4n) is 2.88. The van der Waals surface area contributed by atoms with Crippen molar-refractivity contribution in [1.29, 1.82) is 0 Å². The summed E-state index contributed by atoms with van der Waals surface area (Å²) in [5, 5.41) is 0. The fourth-order valence-corrected chi connectivity index (χ4v) is 2.88. The van der Waals surface area contributed by atoms with E-state index in [1.165, 1.54) is 5.56 Å². The first-order chi connectivity index (χ1) is 11.1. The highest BCUT2D eigenvalue weighted by Crippen LogP contribution is 2.32. The van der Waals surface area contributed by atoms with Gasteiger partial charge in [-0.1, -0.05) is 18.2 Å². The van der Waals surface area contributed by atoms with Gasteiger partial charge in [0.05, 0.1) is 7.11 Å². The second-order valence-electron chi connectivity index (χ2n) is 5.99. The molecule has 2 aromatic carbocycles. The lowest BCUT2D eigenvalue weighted by Crippen LogP contribution is -2.12. The van der Waals surface area contributed by atoms with E-state index in [1.54, 1.807) is 7.11 Å². The molecule has 1 aliphatic rings. The van der Waals surface area contributed by atoms with Gasteiger partial charge in [0, 0.05) is 31.8 Å². The first-order valence-corrected chi connectivity index (χ1v) is 7.78. The highest BCUT2D eigenvalue weighted by Gasteiger charge is 2.21. The molecule has 0 atom stereocenters. The maximum absolute atomic E-state index is 12.4. The second kappa shape index (κ2) is 6.29. The predicted octanol–water partition coefficient (Wildman–Crippen LogP) is 3.82. The number of nitrogens with zero attached hydrogens (tertiary/aromatic N) is 1. The van der Waals surface area contributed by atoms with Gasteiger partial charge in [-0.3, -0.25) is 4.79 Å². The molecule has 0 heterocycles. The Morgan fingerprint density at radius 2 is 1.78 bits per heavy atom. The molecule has 118 valence electrons. The summed E-state index contributed by atoms with van der Waals surface area (Å²) >= 11 is 0. The van der Waals surface area contributed by atoms with Crippen LogP contribution in [0.5, 0.6) is 5.75 Å². The van der Waals surface area contributed by atoms with Crippen molar-refractivity contribution in [3.8, 4) is 5.75 Å². The molecule has 0 amide bonds. The number of Topliss-reactive ketones (excluding diaryl/α,β-unsaturated/α-hetero) is 1. The topological polar surface area (TPSA) is 29.5 Å². The number of fused-ring (bicyclic) bond motifs is 1. The number of allylic oxidation sites excluding steroid dienone is 1. The van der Waals surface area contributed by atoms with Crippen LogP contribution < -0.4 is 9.64 Å². The third-order valence-electron chi connectivity index (χ3n) is 4.25. The van der Waals surface area contributed by atoms with Crippen molar-refractivity contribution in [1.82, 2.24) is 0 Å². The van der Waals surface area contributed by atoms with Gasteiger partial charge in [0.15, 0.2) is 5.78 Å². The lowest BCUT2D eigenvalue weighted by molar-refractivity contribution is -0.113. The quantitative estimate of drug-likeness (QED) is 0.807. The third-order valence-corrected chi connectivity index (χ3v) is 4.25. The number of hydrogen-bond donors (Lipinski definition) is 0. The number of benzene rings is 2. The summed E-state index contributed by atoms with van der Waals surface area (Å²) in [4.78, 5) is 14.5. The molecule has 3 heteroatoms. The standard InChI is InChI=1S/C20H21NO2/c1-21(2)16-8-4-14(5-9-16)12-19-18-13-17(23-3)10-6-15(18)7-11-20(19)22/h4-6,8-10,12-13H,7,11H2,1-3H3/b19-12+. The molecule has 0 aromatic heterocycles. The number of ketones is 1. The SMILES string of the molecule is COc1ccc2c(c1)/C(=C\c1ccc(N(C)C)cc1)C(=O)CC2. The van der Waals surface area contributed by atoms with Gasteiger partial charge in [0.1, 0.15) is 5.75 Å². The molecular weight excluding hydrogens is 286 g/mol. The van der Waals surface area contributed by atoms with Crippen LogP contribution in [0, 0.1) is 0 Å². The zero-order valence-corrected chi connectivity index (χ0v) is 13.8. The Morgan fingerprint density at radius 3 is 2.43 bits per heavy atom. The van der Waals surface area contributed by atoms with Gasteiger partial charge in [0.25, 0.3) is 0 Å². The van der Waals surface area contributed by atoms with Gasteiger partial charge in [-0.15, -0.1) is 0 Å². The maximum Gasteiger partial charge on any atom is 0.163 e. The van der Waals surface area contributed by atoms with E-state index in [2.05, 4.69) is 23.1 Å². The van der Waals surface area contributed by atoms with Crippen molar-refractivity contribution in [2.75, 3.05) is 26.1 Å². The molecule has 3 nitrogen and oxygen atoms in total. The third kappa shape index (κ3) is 3.14. The van der Waals surface area contributed by atoms with Crippen molar-refractivity contribution in [2.24, 2.45) is 0 Å². The molecule has 23 heavy (non-hydrogen) atoms. The van der Waals surface area contributed by atoms with Crippen LogP contribution in [0.2, 0.25) is 0 Å². The van der Waals surface area contributed by atoms with Crippen molar-refractivity contribution in [3.63, 3.8) is 0 Å². The Bertz CT molecular complexity index is 758. The molecule has 0 bridgehead atoms. The molecule has 0 radical (unpaired) electrons. The number of ether oxygens (including phenoxy) is 1. The van der Waals surface area contributed by atoms with Crippen LogP contribution in [0.15, 0.2) is 42.5 Å². The molecule has 0 saturated carbocycles. The maximum atomic E-state index is 12.4. The van der Waals surface area contributed by atoms with Crippen molar-refractivity contribution in [2.45, 2.75) is 12.8 Å². The number of hydrogen-bond acceptors (Lipinski definition) is 3. The molecule has 0 fully saturated rings. The molecule has 0 unspecified atom stereocenters. The molecule has 0 spiro atoms. The summed E-state index contributed by atoms with van der Waals surface area (Å²) in [5.74, 6) is 0.981. The van der Waals surface area contributed by atoms with E-state index in [1.807, 2.05) is 44.4 Å². The molecule has 0 aliphatic heterocycles. The van der Waals surface area contributed by atoms with Crippen LogP contribution in [-0.4, -0.2) is 27.0 Å². The summed E-state index contributed by atoms with van der Waals surface area (Å²) in [6, 6.07) is 14.2. The van der Waals surface area contributed by atoms with Gasteiger partial charge < -0.3 is 9.64 Å². The van der Waals surface area contributed by atoms with Crippen molar-refractivity contribution < 1.29 is 9.53 Å². The number of carbonyl (C=O) groups excluding carboxylic acids is 1. The summed E-state index contributed by atoms with van der Waals surface area (Å²) in [7, 11) is 5.68. The predicted molar refractivity (Wildman–Crippen MR) is 95.0 cm³/mol. The monoisotopic (exact) mass is 307 g/mol. The zero-order chi connectivity index (χ0) is 16.4. The van der Waals surface area contributed by atoms with E-state index >= 15 is 0 Å². The van der Waals surface area contributed by atoms with E-state index in [0.29, 0.717) is 6.42 Å². The normalized spacial score (nSPS) is 15.4. The Balaban J connectivity index is 2.03. The van der Waals surface area contributed by atoms with Gasteiger partial charge in [-0.2, -0.15) is 0 Å². The van der Waals surface area contributed by atoms with Crippen molar-refractivity contribution >= 4 is 23.1 Å². The van der Waals surface area contributed by atoms with E-state index in [0.717, 1.165) is 34.6 Å². The lowest BCUT2D eigenvalue weighted by atomic mass is 9.85. The van der Waals surface area contributed by atoms with Gasteiger partial charge >= 0.3 is 0 Å². The molecule has 0 N–H and O–H groups in total. The molecule has 3 rings (SSSR count). The minimum Gasteiger partial charge on any atom is -0.497 e. The Hall–Kier alpha value is -2.55. The lowest BCUT2D eigenvalue weighted by Gasteiger charge is -2.19. The van der Waals surface area contributed by atoms with Gasteiger partial charge in [0.2, 0.25) is 0 Å². The fraction of sp³-hybridized carbons (Fsp3) is 0.250. The van der Waals surface area contributed by atoms with Crippen LogP contribution in [0.1, 0.15) is 23.1 Å². The number of aryl methyl sites for hydroxylation is 1. The highest BCUT2D eigenvalue weighted by molar-refractivity contribution is 6.26. The molecular formula is C20H21NO2. The van der Waals surface area contributed by atoms with E-state index in [4.69, 9.17) is 4.74 Å². The smallest absolute Gasteiger partial charge is 0.163 e. The number of methoxy groups -OCH3 is 1. The summed E-state index contributed by atoms with van der Waals surface area (Å²) < 4.78 is 5.31. The highest BCUT2D eigenvalue weighted by atomic mass is 16.5. The van der Waals surface area contributed by atoms with E-state index in [9.17, 15) is 4.79 Å². The van der Waals surface area contributed by atoms with Gasteiger partial charge in [-0.25, -0.2) is 0 Å². The molecule has 0 saturated heterocycles. The van der Waals surface area contributed by atoms with E-state index < -0.39 is 0 Å². The minimum atomic E-state index is 0.197. The van der Waals surface area contributed by atoms with E-state index in [-0.39, 0.29) is 5.78 Å². The average Bonchev–Trinajstić information content (AvgIpc) is 2.57. The van der Waals surface area contributed by atoms with Crippen LogP contribution in [-0.2, 0) is 11.2 Å². The molecule has 2 aromatic rings. The minimum absolute atomic E-state index is 0.197. The summed E-state index contributed by atoms with van der Waals surface area (Å²) in [6.07, 6.45) is 3.36. The van der Waals surface area contributed by atoms with Crippen molar-refractivity contribution in [3.05, 3.63) is 59.2 Å². The zero-order valence-electron chi connectivity index (χ0n) is 13.8. The van der Waals surface area contributed by atoms with Crippen LogP contribution in [0.4, 0.5) is 5.69 Å². The Labute approximate surface area is 137 Å². The number of anilines is 1. The average molecular weight is 307 g/mol. The van der Waals surface area contributed by atoms with Crippen LogP contribution >= 0.6 is 0 Å². The number of carbonyl (C=O) groups is 1. The first kappa shape index (κ1) is 15.3. The second-order valence-corrected chi connectivity index (χ2v) is 5.99. The van der Waals surface area contributed by atoms with Crippen LogP contribution in [0.25, 0.3) is 11.6 Å². The first-order valence-electron chi connectivity index (χ1n) is 7.78. The number of rotatable bonds is 3. The summed E-state index contributed by atoms with van der Waals surface area (Å²) in [6.45, 7) is 0. The Kier molecular flexibility index (Phi) is 4.20.